The molecule has 0 aromatic rings. The zero-order chi connectivity index (χ0) is 8.10. The lowest BCUT2D eigenvalue weighted by Crippen LogP contribution is -2.28. The molecular weight excluding hydrogens is 178 g/mol. The standard InChI is InChI=1S/C7H15NOS2/c9-11-6-1-2-8(3-5-10)4-7-11/h10H,1-7H2. The van der Waals surface area contributed by atoms with Gasteiger partial charge in [-0.25, -0.2) is 0 Å². The second-order valence-electron chi connectivity index (χ2n) is 2.77. The van der Waals surface area contributed by atoms with Crippen LogP contribution in [0.25, 0.3) is 0 Å². The van der Waals surface area contributed by atoms with E-state index in [2.05, 4.69) is 17.5 Å². The van der Waals surface area contributed by atoms with Gasteiger partial charge in [0.25, 0.3) is 0 Å². The van der Waals surface area contributed by atoms with E-state index in [-0.39, 0.29) is 0 Å². The zero-order valence-electron chi connectivity index (χ0n) is 6.66. The Morgan fingerprint density at radius 3 is 2.91 bits per heavy atom. The lowest BCUT2D eigenvalue weighted by atomic mass is 10.4. The third-order valence-corrected chi connectivity index (χ3v) is 3.48. The molecule has 0 amide bonds. The third kappa shape index (κ3) is 3.58. The maximum absolute atomic E-state index is 11.1. The number of hydrogen-bond acceptors (Lipinski definition) is 3. The maximum atomic E-state index is 11.1. The normalized spacial score (nSPS) is 28.3. The molecule has 11 heavy (non-hydrogen) atoms. The van der Waals surface area contributed by atoms with Crippen molar-refractivity contribution in [3.63, 3.8) is 0 Å². The minimum absolute atomic E-state index is 0.548. The number of thiol groups is 1. The fourth-order valence-electron chi connectivity index (χ4n) is 1.26. The molecule has 66 valence electrons. The smallest absolute Gasteiger partial charge is 0.0362 e. The molecule has 1 fully saturated rings. The van der Waals surface area contributed by atoms with Crippen molar-refractivity contribution >= 4 is 23.4 Å². The van der Waals surface area contributed by atoms with Crippen molar-refractivity contribution in [2.45, 2.75) is 6.42 Å². The number of nitrogens with zero attached hydrogens (tertiary/aromatic N) is 1. The highest BCUT2D eigenvalue weighted by atomic mass is 32.2. The van der Waals surface area contributed by atoms with Gasteiger partial charge in [-0.05, 0) is 13.0 Å². The summed E-state index contributed by atoms with van der Waals surface area (Å²) in [5.41, 5.74) is 0. The molecule has 1 heterocycles. The summed E-state index contributed by atoms with van der Waals surface area (Å²) in [4.78, 5) is 2.35. The molecule has 0 radical (unpaired) electrons. The van der Waals surface area contributed by atoms with Crippen LogP contribution in [0.2, 0.25) is 0 Å². The molecule has 0 N–H and O–H groups in total. The molecule has 1 unspecified atom stereocenters. The largest absolute Gasteiger partial charge is 0.302 e. The van der Waals surface area contributed by atoms with Gasteiger partial charge in [0.15, 0.2) is 0 Å². The van der Waals surface area contributed by atoms with Crippen molar-refractivity contribution in [1.29, 1.82) is 0 Å². The molecule has 1 rings (SSSR count). The van der Waals surface area contributed by atoms with Crippen molar-refractivity contribution in [2.75, 3.05) is 36.9 Å². The Kier molecular flexibility index (Phi) is 4.48. The van der Waals surface area contributed by atoms with Crippen LogP contribution in [-0.4, -0.2) is 46.0 Å². The average molecular weight is 193 g/mol. The molecule has 1 atom stereocenters. The van der Waals surface area contributed by atoms with Crippen LogP contribution in [0, 0.1) is 0 Å². The van der Waals surface area contributed by atoms with Gasteiger partial charge >= 0.3 is 0 Å². The summed E-state index contributed by atoms with van der Waals surface area (Å²) in [6.07, 6.45) is 1.08. The molecule has 1 saturated heterocycles. The average Bonchev–Trinajstić information content (AvgIpc) is 2.17. The van der Waals surface area contributed by atoms with Gasteiger partial charge in [-0.2, -0.15) is 12.6 Å². The quantitative estimate of drug-likeness (QED) is 0.640. The first-order valence-corrected chi connectivity index (χ1v) is 6.13. The first-order valence-electron chi connectivity index (χ1n) is 4.01. The highest BCUT2D eigenvalue weighted by Crippen LogP contribution is 2.01. The van der Waals surface area contributed by atoms with Gasteiger partial charge in [-0.3, -0.25) is 4.21 Å². The molecule has 1 aliphatic heterocycles. The molecule has 0 spiro atoms. The first kappa shape index (κ1) is 9.55. The second kappa shape index (κ2) is 5.17. The van der Waals surface area contributed by atoms with Crippen LogP contribution in [0.15, 0.2) is 0 Å². The van der Waals surface area contributed by atoms with Crippen LogP contribution >= 0.6 is 12.6 Å². The van der Waals surface area contributed by atoms with Gasteiger partial charge < -0.3 is 4.90 Å². The Hall–Kier alpha value is 0.460. The Balaban J connectivity index is 2.28. The van der Waals surface area contributed by atoms with E-state index in [9.17, 15) is 4.21 Å². The van der Waals surface area contributed by atoms with Gasteiger partial charge in [-0.1, -0.05) is 0 Å². The summed E-state index contributed by atoms with van der Waals surface area (Å²) in [7, 11) is -0.548. The van der Waals surface area contributed by atoms with E-state index in [1.165, 1.54) is 0 Å². The van der Waals surface area contributed by atoms with Crippen molar-refractivity contribution in [2.24, 2.45) is 0 Å². The highest BCUT2D eigenvalue weighted by Gasteiger charge is 2.11. The third-order valence-electron chi connectivity index (χ3n) is 1.90. The number of hydrogen-bond donors (Lipinski definition) is 1. The summed E-state index contributed by atoms with van der Waals surface area (Å²) >= 11 is 4.17. The molecule has 0 aromatic carbocycles. The summed E-state index contributed by atoms with van der Waals surface area (Å²) in [5.74, 6) is 2.66. The molecule has 0 aliphatic carbocycles. The summed E-state index contributed by atoms with van der Waals surface area (Å²) < 4.78 is 11.1. The SMILES string of the molecule is O=S1CCCN(CCS)CC1. The Morgan fingerprint density at radius 1 is 1.36 bits per heavy atom. The maximum Gasteiger partial charge on any atom is 0.0362 e. The fraction of sp³-hybridized carbons (Fsp3) is 1.00. The summed E-state index contributed by atoms with van der Waals surface area (Å²) in [6.45, 7) is 3.14. The minimum atomic E-state index is -0.548. The molecule has 0 saturated carbocycles. The van der Waals surface area contributed by atoms with Gasteiger partial charge in [0.1, 0.15) is 0 Å². The monoisotopic (exact) mass is 193 g/mol. The molecular formula is C7H15NOS2. The molecule has 0 bridgehead atoms. The van der Waals surface area contributed by atoms with E-state index in [1.807, 2.05) is 0 Å². The van der Waals surface area contributed by atoms with Crippen LogP contribution in [0.4, 0.5) is 0 Å². The molecule has 2 nitrogen and oxygen atoms in total. The topological polar surface area (TPSA) is 20.3 Å². The predicted molar refractivity (Wildman–Crippen MR) is 52.8 cm³/mol. The lowest BCUT2D eigenvalue weighted by Gasteiger charge is -2.17. The van der Waals surface area contributed by atoms with Crippen molar-refractivity contribution in [1.82, 2.24) is 4.90 Å². The second-order valence-corrected chi connectivity index (χ2v) is 4.91. The van der Waals surface area contributed by atoms with Gasteiger partial charge in [0.2, 0.25) is 0 Å². The van der Waals surface area contributed by atoms with E-state index in [0.717, 1.165) is 43.3 Å². The van der Waals surface area contributed by atoms with Crippen LogP contribution in [0.1, 0.15) is 6.42 Å². The van der Waals surface area contributed by atoms with E-state index >= 15 is 0 Å². The van der Waals surface area contributed by atoms with Crippen molar-refractivity contribution in [3.05, 3.63) is 0 Å². The van der Waals surface area contributed by atoms with Gasteiger partial charge in [0, 0.05) is 41.1 Å². The fourth-order valence-corrected chi connectivity index (χ4v) is 2.66. The minimum Gasteiger partial charge on any atom is -0.302 e. The van der Waals surface area contributed by atoms with Crippen LogP contribution in [0.5, 0.6) is 0 Å². The first-order chi connectivity index (χ1) is 5.33. The van der Waals surface area contributed by atoms with E-state index in [0.29, 0.717) is 0 Å². The van der Waals surface area contributed by atoms with E-state index in [1.54, 1.807) is 0 Å². The van der Waals surface area contributed by atoms with E-state index in [4.69, 9.17) is 0 Å². The van der Waals surface area contributed by atoms with E-state index < -0.39 is 10.8 Å². The molecule has 4 heteroatoms. The van der Waals surface area contributed by atoms with Crippen LogP contribution in [-0.2, 0) is 10.8 Å². The lowest BCUT2D eigenvalue weighted by molar-refractivity contribution is 0.315. The molecule has 1 aliphatic rings. The zero-order valence-corrected chi connectivity index (χ0v) is 8.37. The Morgan fingerprint density at radius 2 is 2.18 bits per heavy atom. The Labute approximate surface area is 76.2 Å². The number of rotatable bonds is 2. The van der Waals surface area contributed by atoms with Gasteiger partial charge in [-0.15, -0.1) is 0 Å². The van der Waals surface area contributed by atoms with Crippen LogP contribution < -0.4 is 0 Å². The summed E-state index contributed by atoms with van der Waals surface area (Å²) in [6, 6.07) is 0. The predicted octanol–water partition coefficient (Wildman–Crippen LogP) is 0.371. The van der Waals surface area contributed by atoms with Crippen molar-refractivity contribution in [3.8, 4) is 0 Å². The summed E-state index contributed by atoms with van der Waals surface area (Å²) in [5, 5.41) is 0. The van der Waals surface area contributed by atoms with Crippen LogP contribution in [0.3, 0.4) is 0 Å². The van der Waals surface area contributed by atoms with Gasteiger partial charge in [0.05, 0.1) is 0 Å². The van der Waals surface area contributed by atoms with Crippen molar-refractivity contribution < 1.29 is 4.21 Å². The Bertz CT molecular complexity index is 140. The molecule has 0 aromatic heterocycles. The highest BCUT2D eigenvalue weighted by molar-refractivity contribution is 7.85.